The zero-order valence-electron chi connectivity index (χ0n) is 14.5. The van der Waals surface area contributed by atoms with E-state index in [1.54, 1.807) is 6.07 Å². The predicted molar refractivity (Wildman–Crippen MR) is 92.1 cm³/mol. The van der Waals surface area contributed by atoms with Crippen molar-refractivity contribution in [3.8, 4) is 11.5 Å². The smallest absolute Gasteiger partial charge is 0.258 e. The minimum atomic E-state index is -0.551. The van der Waals surface area contributed by atoms with Crippen molar-refractivity contribution in [3.63, 3.8) is 0 Å². The van der Waals surface area contributed by atoms with Gasteiger partial charge in [-0.1, -0.05) is 31.8 Å². The summed E-state index contributed by atoms with van der Waals surface area (Å²) < 4.78 is 19.5. The molecule has 2 aromatic rings. The molecule has 1 saturated carbocycles. The Balaban J connectivity index is 1.77. The van der Waals surface area contributed by atoms with Gasteiger partial charge in [0, 0.05) is 12.0 Å². The van der Waals surface area contributed by atoms with Crippen molar-refractivity contribution in [2.24, 2.45) is 11.7 Å². The van der Waals surface area contributed by atoms with E-state index >= 15 is 0 Å². The second-order valence-corrected chi connectivity index (χ2v) is 7.13. The van der Waals surface area contributed by atoms with Crippen molar-refractivity contribution in [2.45, 2.75) is 51.5 Å². The highest BCUT2D eigenvalue weighted by molar-refractivity contribution is 5.91. The van der Waals surface area contributed by atoms with Gasteiger partial charge in [0.25, 0.3) is 5.89 Å². The molecule has 0 spiro atoms. The minimum absolute atomic E-state index is 0.139. The molecule has 1 aromatic carbocycles. The molecule has 1 heterocycles. The molecule has 134 valence electrons. The van der Waals surface area contributed by atoms with Gasteiger partial charge in [0.1, 0.15) is 5.82 Å². The molecule has 1 fully saturated rings. The van der Waals surface area contributed by atoms with E-state index in [0.717, 1.165) is 25.7 Å². The summed E-state index contributed by atoms with van der Waals surface area (Å²) in [7, 11) is 0. The summed E-state index contributed by atoms with van der Waals surface area (Å²) in [4.78, 5) is 16.1. The normalized spacial score (nSPS) is 16.4. The van der Waals surface area contributed by atoms with Gasteiger partial charge in [-0.15, -0.1) is 0 Å². The first-order valence-corrected chi connectivity index (χ1v) is 8.60. The predicted octanol–water partition coefficient (Wildman–Crippen LogP) is 3.59. The number of carbonyl (C=O) groups excluding carboxylic acids is 1. The number of anilines is 1. The fourth-order valence-electron chi connectivity index (χ4n) is 3.09. The fraction of sp³-hybridized carbons (Fsp3) is 0.500. The van der Waals surface area contributed by atoms with Crippen LogP contribution in [0.25, 0.3) is 11.5 Å². The molecule has 0 saturated heterocycles. The first kappa shape index (κ1) is 17.5. The number of amides is 1. The van der Waals surface area contributed by atoms with Crippen molar-refractivity contribution >= 4 is 11.6 Å². The van der Waals surface area contributed by atoms with E-state index < -0.39 is 11.4 Å². The Labute approximate surface area is 146 Å². The Bertz CT molecular complexity index is 766. The SMILES string of the molecule is CC(C)CC(=O)Nc1ccc(-c2nc(C3(N)CCCC3)no2)cc1F. The fourth-order valence-corrected chi connectivity index (χ4v) is 3.09. The van der Waals surface area contributed by atoms with Crippen molar-refractivity contribution in [3.05, 3.63) is 29.8 Å². The molecular weight excluding hydrogens is 323 g/mol. The number of carbonyl (C=O) groups is 1. The van der Waals surface area contributed by atoms with Gasteiger partial charge < -0.3 is 15.6 Å². The Morgan fingerprint density at radius 2 is 2.12 bits per heavy atom. The van der Waals surface area contributed by atoms with Crippen LogP contribution in [0.15, 0.2) is 22.7 Å². The molecule has 25 heavy (non-hydrogen) atoms. The molecule has 6 nitrogen and oxygen atoms in total. The molecule has 3 N–H and O–H groups in total. The van der Waals surface area contributed by atoms with Gasteiger partial charge in [-0.05, 0) is 37.0 Å². The van der Waals surface area contributed by atoms with Crippen LogP contribution in [0.1, 0.15) is 51.8 Å². The second kappa shape index (κ2) is 6.92. The molecule has 1 aliphatic carbocycles. The van der Waals surface area contributed by atoms with Crippen LogP contribution in [0.3, 0.4) is 0 Å². The van der Waals surface area contributed by atoms with Gasteiger partial charge in [0.05, 0.1) is 11.2 Å². The lowest BCUT2D eigenvalue weighted by atomic mass is 9.99. The van der Waals surface area contributed by atoms with Crippen molar-refractivity contribution < 1.29 is 13.7 Å². The van der Waals surface area contributed by atoms with Gasteiger partial charge in [-0.2, -0.15) is 4.98 Å². The van der Waals surface area contributed by atoms with Crippen LogP contribution in [0, 0.1) is 11.7 Å². The maximum Gasteiger partial charge on any atom is 0.258 e. The first-order chi connectivity index (χ1) is 11.9. The number of halogens is 1. The lowest BCUT2D eigenvalue weighted by Crippen LogP contribution is -2.34. The quantitative estimate of drug-likeness (QED) is 0.863. The van der Waals surface area contributed by atoms with Gasteiger partial charge in [0.15, 0.2) is 5.82 Å². The van der Waals surface area contributed by atoms with E-state index in [0.29, 0.717) is 17.8 Å². The highest BCUT2D eigenvalue weighted by Crippen LogP contribution is 2.35. The van der Waals surface area contributed by atoms with Crippen LogP contribution in [0.2, 0.25) is 0 Å². The Morgan fingerprint density at radius 3 is 2.76 bits per heavy atom. The summed E-state index contributed by atoms with van der Waals surface area (Å²) in [5.74, 6) is 0.143. The maximum atomic E-state index is 14.3. The van der Waals surface area contributed by atoms with Gasteiger partial charge >= 0.3 is 0 Å². The zero-order chi connectivity index (χ0) is 18.0. The highest BCUT2D eigenvalue weighted by atomic mass is 19.1. The van der Waals surface area contributed by atoms with E-state index in [2.05, 4.69) is 15.5 Å². The van der Waals surface area contributed by atoms with E-state index in [9.17, 15) is 9.18 Å². The van der Waals surface area contributed by atoms with Crippen LogP contribution in [-0.2, 0) is 10.3 Å². The highest BCUT2D eigenvalue weighted by Gasteiger charge is 2.36. The third kappa shape index (κ3) is 3.87. The van der Waals surface area contributed by atoms with E-state index in [-0.39, 0.29) is 23.4 Å². The number of hydrogen-bond acceptors (Lipinski definition) is 5. The molecule has 0 radical (unpaired) electrons. The lowest BCUT2D eigenvalue weighted by Gasteiger charge is -2.17. The van der Waals surface area contributed by atoms with E-state index in [4.69, 9.17) is 10.3 Å². The van der Waals surface area contributed by atoms with Crippen LogP contribution < -0.4 is 11.1 Å². The number of nitrogens with zero attached hydrogens (tertiary/aromatic N) is 2. The number of hydrogen-bond donors (Lipinski definition) is 2. The topological polar surface area (TPSA) is 94.0 Å². The summed E-state index contributed by atoms with van der Waals surface area (Å²) in [5, 5.41) is 6.55. The second-order valence-electron chi connectivity index (χ2n) is 7.13. The molecule has 1 aliphatic rings. The third-order valence-corrected chi connectivity index (χ3v) is 4.45. The summed E-state index contributed by atoms with van der Waals surface area (Å²) >= 11 is 0. The number of nitrogens with one attached hydrogen (secondary N) is 1. The van der Waals surface area contributed by atoms with Gasteiger partial charge in [-0.25, -0.2) is 4.39 Å². The average Bonchev–Trinajstić information content (AvgIpc) is 3.18. The van der Waals surface area contributed by atoms with Crippen LogP contribution in [0.5, 0.6) is 0 Å². The molecule has 1 aromatic heterocycles. The number of aromatic nitrogens is 2. The molecule has 0 bridgehead atoms. The minimum Gasteiger partial charge on any atom is -0.334 e. The Hall–Kier alpha value is -2.28. The Kier molecular flexibility index (Phi) is 4.85. The maximum absolute atomic E-state index is 14.3. The van der Waals surface area contributed by atoms with E-state index in [1.165, 1.54) is 12.1 Å². The molecule has 3 rings (SSSR count). The zero-order valence-corrected chi connectivity index (χ0v) is 14.5. The monoisotopic (exact) mass is 346 g/mol. The average molecular weight is 346 g/mol. The van der Waals surface area contributed by atoms with Crippen molar-refractivity contribution in [2.75, 3.05) is 5.32 Å². The standard InChI is InChI=1S/C18H23FN4O2/c1-11(2)9-15(24)21-14-6-5-12(10-13(14)19)16-22-17(23-25-16)18(20)7-3-4-8-18/h5-6,10-11H,3-4,7-9,20H2,1-2H3,(H,21,24). The van der Waals surface area contributed by atoms with Crippen LogP contribution in [-0.4, -0.2) is 16.0 Å². The summed E-state index contributed by atoms with van der Waals surface area (Å²) in [6, 6.07) is 4.42. The third-order valence-electron chi connectivity index (χ3n) is 4.45. The molecule has 0 unspecified atom stereocenters. The molecular formula is C18H23FN4O2. The van der Waals surface area contributed by atoms with Gasteiger partial charge in [-0.3, -0.25) is 4.79 Å². The lowest BCUT2D eigenvalue weighted by molar-refractivity contribution is -0.116. The molecule has 0 atom stereocenters. The molecule has 1 amide bonds. The largest absolute Gasteiger partial charge is 0.334 e. The number of rotatable bonds is 5. The summed E-state index contributed by atoms with van der Waals surface area (Å²) in [5.41, 5.74) is 6.36. The first-order valence-electron chi connectivity index (χ1n) is 8.60. The van der Waals surface area contributed by atoms with Gasteiger partial charge in [0.2, 0.25) is 5.91 Å². The molecule has 0 aliphatic heterocycles. The number of nitrogens with two attached hydrogens (primary N) is 1. The van der Waals surface area contributed by atoms with Crippen molar-refractivity contribution in [1.82, 2.24) is 10.1 Å². The van der Waals surface area contributed by atoms with Crippen LogP contribution >= 0.6 is 0 Å². The Morgan fingerprint density at radius 1 is 1.40 bits per heavy atom. The summed E-state index contributed by atoms with van der Waals surface area (Å²) in [6.45, 7) is 3.86. The van der Waals surface area contributed by atoms with Crippen LogP contribution in [0.4, 0.5) is 10.1 Å². The van der Waals surface area contributed by atoms with E-state index in [1.807, 2.05) is 13.8 Å². The summed E-state index contributed by atoms with van der Waals surface area (Å²) in [6.07, 6.45) is 4.06. The van der Waals surface area contributed by atoms with Crippen molar-refractivity contribution in [1.29, 1.82) is 0 Å². The molecule has 7 heteroatoms. The number of benzene rings is 1.